The van der Waals surface area contributed by atoms with Gasteiger partial charge in [0.15, 0.2) is 0 Å². The van der Waals surface area contributed by atoms with Gasteiger partial charge in [0, 0.05) is 38.2 Å². The molecular formula is C14H24N2O3S2. The Labute approximate surface area is 131 Å². The Kier molecular flexibility index (Phi) is 5.79. The minimum Gasteiger partial charge on any atom is -0.384 e. The van der Waals surface area contributed by atoms with Gasteiger partial charge in [-0.2, -0.15) is 4.31 Å². The number of thiophene rings is 1. The van der Waals surface area contributed by atoms with Crippen LogP contribution in [-0.4, -0.2) is 46.6 Å². The summed E-state index contributed by atoms with van der Waals surface area (Å²) < 4.78 is 32.6. The number of nitrogens with zero attached hydrogens (tertiary/aromatic N) is 1. The molecule has 120 valence electrons. The molecule has 1 aliphatic rings. The number of sulfonamides is 1. The molecule has 5 nitrogen and oxygen atoms in total. The highest BCUT2D eigenvalue weighted by Gasteiger charge is 2.32. The molecule has 0 unspecified atom stereocenters. The van der Waals surface area contributed by atoms with Crippen LogP contribution in [0, 0.1) is 12.8 Å². The fourth-order valence-electron chi connectivity index (χ4n) is 2.80. The van der Waals surface area contributed by atoms with Gasteiger partial charge in [-0.3, -0.25) is 0 Å². The van der Waals surface area contributed by atoms with Crippen LogP contribution in [0.3, 0.4) is 0 Å². The first-order valence-corrected chi connectivity index (χ1v) is 9.53. The van der Waals surface area contributed by atoms with Gasteiger partial charge in [-0.1, -0.05) is 0 Å². The lowest BCUT2D eigenvalue weighted by molar-refractivity contribution is 0.121. The second-order valence-electron chi connectivity index (χ2n) is 5.50. The molecular weight excluding hydrogens is 308 g/mol. The van der Waals surface area contributed by atoms with E-state index in [-0.39, 0.29) is 0 Å². The summed E-state index contributed by atoms with van der Waals surface area (Å²) in [4.78, 5) is 1.40. The monoisotopic (exact) mass is 332 g/mol. The minimum atomic E-state index is -3.38. The first kappa shape index (κ1) is 16.9. The van der Waals surface area contributed by atoms with E-state index in [1.807, 2.05) is 19.4 Å². The van der Waals surface area contributed by atoms with E-state index in [4.69, 9.17) is 4.74 Å². The predicted octanol–water partition coefficient (Wildman–Crippen LogP) is 1.82. The van der Waals surface area contributed by atoms with Gasteiger partial charge < -0.3 is 10.1 Å². The van der Waals surface area contributed by atoms with Crippen LogP contribution in [-0.2, 0) is 21.3 Å². The Morgan fingerprint density at radius 3 is 2.67 bits per heavy atom. The van der Waals surface area contributed by atoms with Crippen molar-refractivity contribution in [2.75, 3.05) is 33.9 Å². The van der Waals surface area contributed by atoms with Gasteiger partial charge in [0.25, 0.3) is 0 Å². The number of hydrogen-bond acceptors (Lipinski definition) is 5. The fourth-order valence-corrected chi connectivity index (χ4v) is 6.04. The smallest absolute Gasteiger partial charge is 0.244 e. The number of methoxy groups -OCH3 is 1. The zero-order valence-electron chi connectivity index (χ0n) is 12.9. The first-order valence-electron chi connectivity index (χ1n) is 7.21. The Hall–Kier alpha value is -0.470. The highest BCUT2D eigenvalue weighted by atomic mass is 32.2. The number of nitrogens with one attached hydrogen (secondary N) is 1. The molecule has 1 aromatic rings. The average molecular weight is 332 g/mol. The molecule has 2 heterocycles. The van der Waals surface area contributed by atoms with Gasteiger partial charge in [0.2, 0.25) is 10.0 Å². The molecule has 1 aliphatic heterocycles. The Bertz CT molecular complexity index is 561. The van der Waals surface area contributed by atoms with Gasteiger partial charge in [0.1, 0.15) is 4.90 Å². The maximum absolute atomic E-state index is 12.9. The first-order chi connectivity index (χ1) is 10.0. The summed E-state index contributed by atoms with van der Waals surface area (Å²) in [6, 6.07) is 0. The van der Waals surface area contributed by atoms with Crippen LogP contribution in [0.2, 0.25) is 0 Å². The number of hydrogen-bond donors (Lipinski definition) is 1. The lowest BCUT2D eigenvalue weighted by Gasteiger charge is -2.31. The van der Waals surface area contributed by atoms with Crippen molar-refractivity contribution in [3.05, 3.63) is 15.8 Å². The Balaban J connectivity index is 2.18. The fraction of sp³-hybridized carbons (Fsp3) is 0.714. The van der Waals surface area contributed by atoms with Crippen molar-refractivity contribution in [2.24, 2.45) is 5.92 Å². The molecule has 0 atom stereocenters. The van der Waals surface area contributed by atoms with E-state index in [1.54, 1.807) is 11.4 Å². The standard InChI is InChI=1S/C14H24N2O3S2/c1-11-10-20-13(8-15-2)14(11)21(17,18)16-6-4-12(5-7-16)9-19-3/h10,12,15H,4-9H2,1-3H3. The molecule has 0 spiro atoms. The van der Waals surface area contributed by atoms with Gasteiger partial charge >= 0.3 is 0 Å². The second-order valence-corrected chi connectivity index (χ2v) is 8.34. The molecule has 1 aromatic heterocycles. The molecule has 0 radical (unpaired) electrons. The number of ether oxygens (including phenoxy) is 1. The quantitative estimate of drug-likeness (QED) is 0.863. The van der Waals surface area contributed by atoms with Crippen LogP contribution >= 0.6 is 11.3 Å². The maximum atomic E-state index is 12.9. The van der Waals surface area contributed by atoms with E-state index in [2.05, 4.69) is 5.32 Å². The lowest BCUT2D eigenvalue weighted by Crippen LogP contribution is -2.39. The van der Waals surface area contributed by atoms with Crippen molar-refractivity contribution in [1.82, 2.24) is 9.62 Å². The van der Waals surface area contributed by atoms with Crippen molar-refractivity contribution in [3.8, 4) is 0 Å². The molecule has 0 saturated carbocycles. The molecule has 0 amide bonds. The van der Waals surface area contributed by atoms with Crippen LogP contribution in [0.4, 0.5) is 0 Å². The number of aryl methyl sites for hydroxylation is 1. The highest BCUT2D eigenvalue weighted by molar-refractivity contribution is 7.89. The summed E-state index contributed by atoms with van der Waals surface area (Å²) in [5.74, 6) is 0.474. The van der Waals surface area contributed by atoms with Crippen LogP contribution in [0.15, 0.2) is 10.3 Å². The van der Waals surface area contributed by atoms with E-state index in [0.29, 0.717) is 30.4 Å². The van der Waals surface area contributed by atoms with Crippen LogP contribution in [0.1, 0.15) is 23.3 Å². The predicted molar refractivity (Wildman–Crippen MR) is 85.2 cm³/mol. The summed E-state index contributed by atoms with van der Waals surface area (Å²) >= 11 is 1.51. The average Bonchev–Trinajstić information content (AvgIpc) is 2.82. The second kappa shape index (κ2) is 7.19. The zero-order chi connectivity index (χ0) is 15.5. The molecule has 1 N–H and O–H groups in total. The van der Waals surface area contributed by atoms with Crippen LogP contribution < -0.4 is 5.32 Å². The summed E-state index contributed by atoms with van der Waals surface area (Å²) in [5, 5.41) is 4.98. The van der Waals surface area contributed by atoms with E-state index >= 15 is 0 Å². The van der Waals surface area contributed by atoms with Crippen LogP contribution in [0.5, 0.6) is 0 Å². The van der Waals surface area contributed by atoms with E-state index in [9.17, 15) is 8.42 Å². The third-order valence-electron chi connectivity index (χ3n) is 3.90. The molecule has 7 heteroatoms. The van der Waals surface area contributed by atoms with Crippen molar-refractivity contribution >= 4 is 21.4 Å². The van der Waals surface area contributed by atoms with Gasteiger partial charge in [-0.25, -0.2) is 8.42 Å². The molecule has 0 bridgehead atoms. The van der Waals surface area contributed by atoms with Crippen molar-refractivity contribution in [3.63, 3.8) is 0 Å². The van der Waals surface area contributed by atoms with Crippen molar-refractivity contribution < 1.29 is 13.2 Å². The number of piperidine rings is 1. The Morgan fingerprint density at radius 2 is 2.10 bits per heavy atom. The topological polar surface area (TPSA) is 58.6 Å². The largest absolute Gasteiger partial charge is 0.384 e. The minimum absolute atomic E-state index is 0.474. The lowest BCUT2D eigenvalue weighted by atomic mass is 9.99. The summed E-state index contributed by atoms with van der Waals surface area (Å²) in [7, 11) is 0.154. The third kappa shape index (κ3) is 3.65. The highest BCUT2D eigenvalue weighted by Crippen LogP contribution is 2.31. The van der Waals surface area contributed by atoms with Gasteiger partial charge in [-0.05, 0) is 43.7 Å². The molecule has 2 rings (SSSR count). The molecule has 21 heavy (non-hydrogen) atoms. The zero-order valence-corrected chi connectivity index (χ0v) is 14.5. The van der Waals surface area contributed by atoms with Crippen molar-refractivity contribution in [2.45, 2.75) is 31.2 Å². The van der Waals surface area contributed by atoms with E-state index < -0.39 is 10.0 Å². The summed E-state index contributed by atoms with van der Waals surface area (Å²) in [6.07, 6.45) is 1.75. The molecule has 1 fully saturated rings. The SMILES string of the molecule is CNCc1scc(C)c1S(=O)(=O)N1CCC(COC)CC1. The van der Waals surface area contributed by atoms with Gasteiger partial charge in [-0.15, -0.1) is 11.3 Å². The summed E-state index contributed by atoms with van der Waals surface area (Å²) in [5.41, 5.74) is 0.851. The normalized spacial score (nSPS) is 18.2. The molecule has 1 saturated heterocycles. The van der Waals surface area contributed by atoms with E-state index in [1.165, 1.54) is 11.3 Å². The molecule has 0 aliphatic carbocycles. The third-order valence-corrected chi connectivity index (χ3v) is 7.26. The van der Waals surface area contributed by atoms with Crippen molar-refractivity contribution in [1.29, 1.82) is 0 Å². The van der Waals surface area contributed by atoms with Gasteiger partial charge in [0.05, 0.1) is 0 Å². The Morgan fingerprint density at radius 1 is 1.43 bits per heavy atom. The maximum Gasteiger partial charge on any atom is 0.244 e. The molecule has 0 aromatic carbocycles. The summed E-state index contributed by atoms with van der Waals surface area (Å²) in [6.45, 7) is 4.36. The van der Waals surface area contributed by atoms with Crippen LogP contribution in [0.25, 0.3) is 0 Å². The van der Waals surface area contributed by atoms with E-state index in [0.717, 1.165) is 29.9 Å². The number of rotatable bonds is 6.